The first-order valence-electron chi connectivity index (χ1n) is 4.90. The van der Waals surface area contributed by atoms with E-state index in [1.807, 2.05) is 12.0 Å². The van der Waals surface area contributed by atoms with Crippen molar-refractivity contribution in [2.24, 2.45) is 0 Å². The average Bonchev–Trinajstić information content (AvgIpc) is 2.19. The Balaban J connectivity index is 3.47. The summed E-state index contributed by atoms with van der Waals surface area (Å²) < 4.78 is 0. The molecule has 0 atom stereocenters. The van der Waals surface area contributed by atoms with Gasteiger partial charge in [0.15, 0.2) is 0 Å². The molecule has 4 heteroatoms. The van der Waals surface area contributed by atoms with Gasteiger partial charge in [-0.3, -0.25) is 0 Å². The molecule has 0 saturated carbocycles. The van der Waals surface area contributed by atoms with Crippen LogP contribution in [0.1, 0.15) is 25.7 Å². The van der Waals surface area contributed by atoms with Crippen LogP contribution in [0.3, 0.4) is 0 Å². The highest BCUT2D eigenvalue weighted by molar-refractivity contribution is 7.12. The van der Waals surface area contributed by atoms with Crippen molar-refractivity contribution in [2.45, 2.75) is 25.7 Å². The molecule has 0 saturated heterocycles. The number of unbranched alkanes of at least 4 members (excludes halogenated alkanes) is 2. The largest absolute Gasteiger partial charge is 0.300 e. The second-order valence-electron chi connectivity index (χ2n) is 2.96. The second kappa shape index (κ2) is 11.5. The maximum absolute atomic E-state index is 6.00. The third kappa shape index (κ3) is 10.5. The zero-order valence-corrected chi connectivity index (χ0v) is 10.5. The second-order valence-corrected chi connectivity index (χ2v) is 4.22. The van der Waals surface area contributed by atoms with Gasteiger partial charge < -0.3 is 0 Å². The Kier molecular flexibility index (Phi) is 11.8. The molecule has 0 aliphatic heterocycles. The summed E-state index contributed by atoms with van der Waals surface area (Å²) in [6.07, 6.45) is 8.18. The third-order valence-electron chi connectivity index (χ3n) is 1.65. The first-order valence-corrected chi connectivity index (χ1v) is 6.41. The van der Waals surface area contributed by atoms with Crippen LogP contribution in [0.5, 0.6) is 0 Å². The van der Waals surface area contributed by atoms with E-state index in [4.69, 9.17) is 34.7 Å². The van der Waals surface area contributed by atoms with Crippen LogP contribution in [0.25, 0.3) is 0 Å². The van der Waals surface area contributed by atoms with Crippen LogP contribution in [0.2, 0.25) is 0 Å². The van der Waals surface area contributed by atoms with Gasteiger partial charge in [0, 0.05) is 11.8 Å². The molecule has 0 heterocycles. The van der Waals surface area contributed by atoms with Crippen LogP contribution in [0, 0.1) is 0 Å². The van der Waals surface area contributed by atoms with Crippen molar-refractivity contribution in [1.82, 2.24) is 0 Å². The lowest BCUT2D eigenvalue weighted by Crippen LogP contribution is -1.93. The number of rotatable bonds is 8. The summed E-state index contributed by atoms with van der Waals surface area (Å²) in [7, 11) is 0. The van der Waals surface area contributed by atoms with Gasteiger partial charge in [0.05, 0.1) is 0 Å². The number of alkyl halides is 2. The fourth-order valence-electron chi connectivity index (χ4n) is 0.907. The lowest BCUT2D eigenvalue weighted by molar-refractivity contribution is 0.966. The lowest BCUT2D eigenvalue weighted by atomic mass is 9.75. The van der Waals surface area contributed by atoms with Gasteiger partial charge in [-0.1, -0.05) is 24.1 Å². The number of hydrogen-bond acceptors (Lipinski definition) is 0. The summed E-state index contributed by atoms with van der Waals surface area (Å²) in [6, 6.07) is 0. The van der Waals surface area contributed by atoms with E-state index in [0.29, 0.717) is 11.8 Å². The summed E-state index contributed by atoms with van der Waals surface area (Å²) in [5.74, 6) is 5.41. The Morgan fingerprint density at radius 2 is 1.29 bits per heavy atom. The maximum Gasteiger partial charge on any atom is 0.300 e. The number of allylic oxidation sites excluding steroid dienone is 2. The maximum atomic E-state index is 6.00. The zero-order chi connectivity index (χ0) is 10.6. The predicted octanol–water partition coefficient (Wildman–Crippen LogP) is 4.45. The molecule has 0 aliphatic carbocycles. The van der Waals surface area contributed by atoms with Crippen molar-refractivity contribution in [3.05, 3.63) is 24.1 Å². The minimum Gasteiger partial charge on any atom is -0.183 e. The summed E-state index contributed by atoms with van der Waals surface area (Å²) >= 11 is 17.1. The molecule has 0 amide bonds. The molecule has 80 valence electrons. The fourth-order valence-corrected chi connectivity index (χ4v) is 1.42. The third-order valence-corrected chi connectivity index (χ3v) is 2.47. The Bertz CT molecular complexity index is 151. The van der Waals surface area contributed by atoms with Crippen molar-refractivity contribution in [2.75, 3.05) is 11.8 Å². The molecular formula is C10H16BCl3. The molecule has 0 aromatic heterocycles. The molecule has 0 N–H and O–H groups in total. The van der Waals surface area contributed by atoms with Crippen molar-refractivity contribution < 1.29 is 0 Å². The topological polar surface area (TPSA) is 0 Å². The highest BCUT2D eigenvalue weighted by atomic mass is 35.5. The van der Waals surface area contributed by atoms with E-state index in [9.17, 15) is 0 Å². The van der Waals surface area contributed by atoms with Crippen LogP contribution in [0.4, 0.5) is 0 Å². The molecule has 0 bridgehead atoms. The van der Waals surface area contributed by atoms with E-state index < -0.39 is 0 Å². The van der Waals surface area contributed by atoms with Crippen molar-refractivity contribution in [3.63, 3.8) is 0 Å². The zero-order valence-electron chi connectivity index (χ0n) is 8.26. The van der Waals surface area contributed by atoms with E-state index in [1.54, 1.807) is 0 Å². The first kappa shape index (κ1) is 14.4. The average molecular weight is 253 g/mol. The highest BCUT2D eigenvalue weighted by Crippen LogP contribution is 2.01. The van der Waals surface area contributed by atoms with Gasteiger partial charge in [0.1, 0.15) is 0 Å². The van der Waals surface area contributed by atoms with Crippen LogP contribution in [-0.4, -0.2) is 17.9 Å². The molecule has 0 unspecified atom stereocenters. The van der Waals surface area contributed by atoms with Crippen LogP contribution >= 0.6 is 34.7 Å². The molecule has 0 nitrogen and oxygen atoms in total. The monoisotopic (exact) mass is 252 g/mol. The predicted molar refractivity (Wildman–Crippen MR) is 69.8 cm³/mol. The molecule has 0 spiro atoms. The van der Waals surface area contributed by atoms with E-state index in [-0.39, 0.29) is 6.13 Å². The lowest BCUT2D eigenvalue weighted by Gasteiger charge is -1.92. The quantitative estimate of drug-likeness (QED) is 0.341. The number of hydrogen-bond donors (Lipinski definition) is 0. The minimum absolute atomic E-state index is 0.000603. The Hall–Kier alpha value is 0.415. The van der Waals surface area contributed by atoms with Crippen LogP contribution < -0.4 is 0 Å². The Morgan fingerprint density at radius 1 is 0.857 bits per heavy atom. The molecule has 0 fully saturated rings. The first-order chi connectivity index (χ1) is 6.81. The van der Waals surface area contributed by atoms with Gasteiger partial charge in [-0.25, -0.2) is 0 Å². The van der Waals surface area contributed by atoms with Crippen molar-refractivity contribution in [3.8, 4) is 0 Å². The molecule has 0 rings (SSSR count). The molecule has 14 heavy (non-hydrogen) atoms. The van der Waals surface area contributed by atoms with Gasteiger partial charge in [0.2, 0.25) is 0 Å². The van der Waals surface area contributed by atoms with E-state index in [0.717, 1.165) is 25.7 Å². The highest BCUT2D eigenvalue weighted by Gasteiger charge is 1.97. The molecule has 0 aliphatic rings. The van der Waals surface area contributed by atoms with Crippen molar-refractivity contribution >= 4 is 40.8 Å². The van der Waals surface area contributed by atoms with Gasteiger partial charge in [0.25, 0.3) is 6.13 Å². The summed E-state index contributed by atoms with van der Waals surface area (Å²) in [5.41, 5.74) is 0. The SMILES string of the molecule is ClCCC/C=C/B(Cl)/C=C/CCCCl. The summed E-state index contributed by atoms with van der Waals surface area (Å²) in [5, 5.41) is 0. The van der Waals surface area contributed by atoms with Gasteiger partial charge in [-0.15, -0.1) is 23.2 Å². The van der Waals surface area contributed by atoms with Crippen LogP contribution in [0.15, 0.2) is 24.1 Å². The molecule has 0 aromatic carbocycles. The van der Waals surface area contributed by atoms with E-state index in [1.165, 1.54) is 0 Å². The van der Waals surface area contributed by atoms with Gasteiger partial charge in [-0.2, -0.15) is 11.5 Å². The Morgan fingerprint density at radius 3 is 1.64 bits per heavy atom. The Labute approximate surface area is 102 Å². The normalized spacial score (nSPS) is 11.6. The molecule has 0 radical (unpaired) electrons. The number of halogens is 3. The summed E-state index contributed by atoms with van der Waals surface area (Å²) in [4.78, 5) is 0. The van der Waals surface area contributed by atoms with E-state index in [2.05, 4.69) is 12.2 Å². The molecule has 0 aromatic rings. The van der Waals surface area contributed by atoms with Crippen LogP contribution in [-0.2, 0) is 0 Å². The smallest absolute Gasteiger partial charge is 0.183 e. The molecular weight excluding hydrogens is 237 g/mol. The van der Waals surface area contributed by atoms with E-state index >= 15 is 0 Å². The van der Waals surface area contributed by atoms with Gasteiger partial charge >= 0.3 is 0 Å². The minimum atomic E-state index is 0.000603. The standard InChI is InChI=1S/C10H16BCl3/c12-9-5-1-3-7-11(14)8-4-2-6-10-13/h3-4,7-8H,1-2,5-6,9-10H2/b7-3+,8-4+. The fraction of sp³-hybridized carbons (Fsp3) is 0.600. The van der Waals surface area contributed by atoms with Gasteiger partial charge in [-0.05, 0) is 25.7 Å². The summed E-state index contributed by atoms with van der Waals surface area (Å²) in [6.45, 7) is 0. The van der Waals surface area contributed by atoms with Crippen molar-refractivity contribution in [1.29, 1.82) is 0 Å².